The molecular formula is C4H2NO3. The second-order valence-electron chi connectivity index (χ2n) is 1.11. The van der Waals surface area contributed by atoms with Crippen LogP contribution >= 0.6 is 0 Å². The third-order valence-corrected chi connectivity index (χ3v) is 0.565. The maximum Gasteiger partial charge on any atom is 0.419 e. The van der Waals surface area contributed by atoms with Crippen LogP contribution in [0.3, 0.4) is 0 Å². The van der Waals surface area contributed by atoms with Crippen molar-refractivity contribution in [2.75, 3.05) is 0 Å². The van der Waals surface area contributed by atoms with Gasteiger partial charge >= 0.3 is 11.4 Å². The topological polar surface area (TPSA) is 63.1 Å². The minimum Gasteiger partial charge on any atom is -0.372 e. The molecule has 1 rings (SSSR count). The molecule has 41 valence electrons. The van der Waals surface area contributed by atoms with Crippen LogP contribution in [0.1, 0.15) is 0 Å². The SMILES string of the molecule is O=c1[c]c[nH]c(=O)o1. The summed E-state index contributed by atoms with van der Waals surface area (Å²) >= 11 is 0. The van der Waals surface area contributed by atoms with Crippen LogP contribution in [0.2, 0.25) is 0 Å². The van der Waals surface area contributed by atoms with Crippen molar-refractivity contribution < 1.29 is 4.42 Å². The van der Waals surface area contributed by atoms with Gasteiger partial charge < -0.3 is 4.42 Å². The second-order valence-corrected chi connectivity index (χ2v) is 1.11. The zero-order valence-electron chi connectivity index (χ0n) is 3.80. The van der Waals surface area contributed by atoms with Gasteiger partial charge in [-0.1, -0.05) is 0 Å². The molecule has 1 aromatic heterocycles. The van der Waals surface area contributed by atoms with Crippen LogP contribution in [-0.2, 0) is 0 Å². The normalized spacial score (nSPS) is 9.00. The van der Waals surface area contributed by atoms with Crippen molar-refractivity contribution >= 4 is 0 Å². The van der Waals surface area contributed by atoms with Gasteiger partial charge in [-0.3, -0.25) is 4.98 Å². The third kappa shape index (κ3) is 0.841. The molecule has 0 saturated carbocycles. The minimum absolute atomic E-state index is 0.756. The highest BCUT2D eigenvalue weighted by atomic mass is 16.4. The molecule has 4 heteroatoms. The van der Waals surface area contributed by atoms with Crippen molar-refractivity contribution in [1.29, 1.82) is 0 Å². The predicted octanol–water partition coefficient (Wildman–Crippen LogP) is -0.872. The van der Waals surface area contributed by atoms with Gasteiger partial charge in [0.1, 0.15) is 0 Å². The summed E-state index contributed by atoms with van der Waals surface area (Å²) in [5.74, 6) is -0.756. The molecule has 1 aromatic rings. The Labute approximate surface area is 43.8 Å². The molecular weight excluding hydrogens is 110 g/mol. The molecule has 0 aliphatic carbocycles. The summed E-state index contributed by atoms with van der Waals surface area (Å²) in [5.41, 5.74) is -0.756. The van der Waals surface area contributed by atoms with E-state index in [1.807, 2.05) is 0 Å². The first-order chi connectivity index (χ1) is 3.79. The number of rotatable bonds is 0. The maximum atomic E-state index is 10.0. The third-order valence-electron chi connectivity index (χ3n) is 0.565. The molecule has 0 amide bonds. The Morgan fingerprint density at radius 1 is 1.62 bits per heavy atom. The Balaban J connectivity index is 3.50. The molecule has 0 fully saturated rings. The number of aromatic amines is 1. The lowest BCUT2D eigenvalue weighted by Gasteiger charge is -1.73. The Morgan fingerprint density at radius 2 is 2.38 bits per heavy atom. The molecule has 0 bridgehead atoms. The molecule has 0 saturated heterocycles. The van der Waals surface area contributed by atoms with Crippen molar-refractivity contribution in [3.05, 3.63) is 33.2 Å². The first-order valence-corrected chi connectivity index (χ1v) is 1.89. The van der Waals surface area contributed by atoms with Crippen LogP contribution in [0.15, 0.2) is 20.2 Å². The number of nitrogens with one attached hydrogen (secondary N) is 1. The van der Waals surface area contributed by atoms with E-state index in [-0.39, 0.29) is 0 Å². The molecule has 1 N–H and O–H groups in total. The molecule has 0 unspecified atom stereocenters. The van der Waals surface area contributed by atoms with Gasteiger partial charge in [0.25, 0.3) is 0 Å². The van der Waals surface area contributed by atoms with E-state index in [4.69, 9.17) is 0 Å². The Kier molecular flexibility index (Phi) is 0.997. The molecule has 0 spiro atoms. The van der Waals surface area contributed by atoms with E-state index in [0.717, 1.165) is 6.20 Å². The summed E-state index contributed by atoms with van der Waals surface area (Å²) < 4.78 is 3.95. The summed E-state index contributed by atoms with van der Waals surface area (Å²) in [4.78, 5) is 22.2. The molecule has 0 aliphatic heterocycles. The van der Waals surface area contributed by atoms with Gasteiger partial charge in [-0.05, 0) is 0 Å². The summed E-state index contributed by atoms with van der Waals surface area (Å²) in [7, 11) is 0. The highest BCUT2D eigenvalue weighted by Gasteiger charge is 1.82. The highest BCUT2D eigenvalue weighted by Crippen LogP contribution is 1.54. The smallest absolute Gasteiger partial charge is 0.372 e. The quantitative estimate of drug-likeness (QED) is 0.474. The van der Waals surface area contributed by atoms with Gasteiger partial charge in [-0.2, -0.15) is 0 Å². The van der Waals surface area contributed by atoms with Crippen molar-refractivity contribution in [3.8, 4) is 0 Å². The highest BCUT2D eigenvalue weighted by molar-refractivity contribution is 4.69. The van der Waals surface area contributed by atoms with Crippen molar-refractivity contribution in [2.24, 2.45) is 0 Å². The van der Waals surface area contributed by atoms with Gasteiger partial charge in [0, 0.05) is 6.20 Å². The van der Waals surface area contributed by atoms with Crippen LogP contribution in [0.5, 0.6) is 0 Å². The molecule has 0 aromatic carbocycles. The molecule has 1 heterocycles. The standard InChI is InChI=1S/C4H2NO3/c6-3-1-2-5-4(7)8-3/h2H,(H,5,7). The van der Waals surface area contributed by atoms with Crippen molar-refractivity contribution in [1.82, 2.24) is 4.98 Å². The maximum absolute atomic E-state index is 10.0. The molecule has 0 atom stereocenters. The van der Waals surface area contributed by atoms with Crippen LogP contribution in [0, 0.1) is 6.07 Å². The summed E-state index contributed by atoms with van der Waals surface area (Å²) in [6, 6.07) is 2.09. The number of hydrogen-bond donors (Lipinski definition) is 1. The fourth-order valence-corrected chi connectivity index (χ4v) is 0.297. The fourth-order valence-electron chi connectivity index (χ4n) is 0.297. The first kappa shape index (κ1) is 4.83. The van der Waals surface area contributed by atoms with E-state index in [1.54, 1.807) is 0 Å². The lowest BCUT2D eigenvalue weighted by molar-refractivity contribution is 0.448. The van der Waals surface area contributed by atoms with E-state index in [9.17, 15) is 9.59 Å². The zero-order chi connectivity index (χ0) is 5.98. The Morgan fingerprint density at radius 3 is 2.75 bits per heavy atom. The average Bonchev–Trinajstić information content (AvgIpc) is 1.64. The fraction of sp³-hybridized carbons (Fsp3) is 0. The van der Waals surface area contributed by atoms with E-state index >= 15 is 0 Å². The van der Waals surface area contributed by atoms with Crippen LogP contribution in [0.4, 0.5) is 0 Å². The van der Waals surface area contributed by atoms with Gasteiger partial charge in [0.15, 0.2) is 0 Å². The molecule has 4 nitrogen and oxygen atoms in total. The molecule has 8 heavy (non-hydrogen) atoms. The van der Waals surface area contributed by atoms with Crippen LogP contribution in [-0.4, -0.2) is 4.98 Å². The molecule has 1 radical (unpaired) electrons. The first-order valence-electron chi connectivity index (χ1n) is 1.89. The van der Waals surface area contributed by atoms with Crippen LogP contribution in [0.25, 0.3) is 0 Å². The summed E-state index contributed by atoms with van der Waals surface area (Å²) in [5, 5.41) is 0. The van der Waals surface area contributed by atoms with Crippen molar-refractivity contribution in [3.63, 3.8) is 0 Å². The zero-order valence-corrected chi connectivity index (χ0v) is 3.80. The largest absolute Gasteiger partial charge is 0.419 e. The van der Waals surface area contributed by atoms with E-state index < -0.39 is 11.4 Å². The lowest BCUT2D eigenvalue weighted by Crippen LogP contribution is -2.11. The van der Waals surface area contributed by atoms with Gasteiger partial charge in [-0.25, -0.2) is 9.59 Å². The van der Waals surface area contributed by atoms with E-state index in [1.165, 1.54) is 0 Å². The van der Waals surface area contributed by atoms with Crippen molar-refractivity contribution in [2.45, 2.75) is 0 Å². The summed E-state index contributed by atoms with van der Waals surface area (Å²) in [6.07, 6.45) is 1.11. The van der Waals surface area contributed by atoms with Gasteiger partial charge in [0.2, 0.25) is 0 Å². The van der Waals surface area contributed by atoms with Gasteiger partial charge in [0.05, 0.1) is 6.07 Å². The minimum atomic E-state index is -0.756. The van der Waals surface area contributed by atoms with E-state index in [2.05, 4.69) is 15.5 Å². The Hall–Kier alpha value is -1.32. The number of hydrogen-bond acceptors (Lipinski definition) is 3. The van der Waals surface area contributed by atoms with Gasteiger partial charge in [-0.15, -0.1) is 0 Å². The molecule has 0 aliphatic rings. The predicted molar refractivity (Wildman–Crippen MR) is 24.4 cm³/mol. The lowest BCUT2D eigenvalue weighted by atomic mass is 10.7. The Bertz CT molecular complexity index is 246. The van der Waals surface area contributed by atoms with Crippen LogP contribution < -0.4 is 11.4 Å². The average molecular weight is 112 g/mol. The monoisotopic (exact) mass is 112 g/mol. The number of H-pyrrole nitrogens is 1. The number of aromatic nitrogens is 1. The van der Waals surface area contributed by atoms with E-state index in [0.29, 0.717) is 0 Å². The second kappa shape index (κ2) is 1.65. The summed E-state index contributed by atoms with van der Waals surface area (Å²) in [6.45, 7) is 0.